The van der Waals surface area contributed by atoms with E-state index in [1.807, 2.05) is 12.2 Å². The summed E-state index contributed by atoms with van der Waals surface area (Å²) in [6.45, 7) is 0. The van der Waals surface area contributed by atoms with Crippen LogP contribution in [0.15, 0.2) is 22.7 Å². The predicted molar refractivity (Wildman–Crippen MR) is 33.2 cm³/mol. The van der Waals surface area contributed by atoms with E-state index in [1.54, 1.807) is 0 Å². The van der Waals surface area contributed by atoms with Gasteiger partial charge in [-0.25, -0.2) is 0 Å². The van der Waals surface area contributed by atoms with E-state index < -0.39 is 0 Å². The molecule has 0 saturated carbocycles. The van der Waals surface area contributed by atoms with Crippen molar-refractivity contribution in [3.8, 4) is 0 Å². The topological polar surface area (TPSA) is 26.0 Å². The molecule has 0 atom stereocenters. The van der Waals surface area contributed by atoms with Crippen LogP contribution >= 0.6 is 0 Å². The van der Waals surface area contributed by atoms with Crippen molar-refractivity contribution in [2.45, 2.75) is 0 Å². The van der Waals surface area contributed by atoms with Crippen LogP contribution in [0, 0.1) is 0 Å². The second-order valence-electron chi connectivity index (χ2n) is 1.28. The number of nitrogens with two attached hydrogens (primary N) is 1. The Kier molecular flexibility index (Phi) is 1.48. The summed E-state index contributed by atoms with van der Waals surface area (Å²) in [7, 11) is 0. The van der Waals surface area contributed by atoms with Gasteiger partial charge in [-0.2, -0.15) is 0 Å². The number of allylic oxidation sites excluding steroid dienone is 2. The summed E-state index contributed by atoms with van der Waals surface area (Å²) < 4.78 is 0. The fourth-order valence-electron chi connectivity index (χ4n) is 0.363. The molecule has 1 aliphatic rings. The van der Waals surface area contributed by atoms with Crippen LogP contribution in [0.1, 0.15) is 0 Å². The van der Waals surface area contributed by atoms with Crippen molar-refractivity contribution in [3.05, 3.63) is 22.7 Å². The summed E-state index contributed by atoms with van der Waals surface area (Å²) >= 11 is 0.344. The molecule has 0 aliphatic carbocycles. The molecule has 0 fully saturated rings. The summed E-state index contributed by atoms with van der Waals surface area (Å²) in [5.41, 5.74) is 6.27. The van der Waals surface area contributed by atoms with Gasteiger partial charge in [0.25, 0.3) is 0 Å². The fraction of sp³-hybridized carbons (Fsp3) is 0. The Morgan fingerprint density at radius 2 is 2.43 bits per heavy atom. The Morgan fingerprint density at radius 1 is 1.57 bits per heavy atom. The van der Waals surface area contributed by atoms with E-state index in [0.717, 1.165) is 5.70 Å². The first-order chi connectivity index (χ1) is 3.39. The van der Waals surface area contributed by atoms with E-state index in [0.29, 0.717) is 15.3 Å². The van der Waals surface area contributed by atoms with Gasteiger partial charge in [0.1, 0.15) is 0 Å². The summed E-state index contributed by atoms with van der Waals surface area (Å²) in [5, 5.41) is 0. The number of hydrogen-bond donors (Lipinski definition) is 1. The predicted octanol–water partition coefficient (Wildman–Crippen LogP) is -0.137. The maximum absolute atomic E-state index is 5.39. The third kappa shape index (κ3) is 1.32. The molecule has 0 unspecified atom stereocenters. The van der Waals surface area contributed by atoms with Gasteiger partial charge in [-0.1, -0.05) is 0 Å². The molecule has 7 heavy (non-hydrogen) atoms. The minimum atomic E-state index is 0.344. The van der Waals surface area contributed by atoms with Crippen LogP contribution in [-0.2, 0) is 0 Å². The molecule has 0 aromatic heterocycles. The summed E-state index contributed by atoms with van der Waals surface area (Å²) in [6.07, 6.45) is 3.92. The third-order valence-electron chi connectivity index (χ3n) is 0.706. The van der Waals surface area contributed by atoms with Crippen molar-refractivity contribution in [2.24, 2.45) is 5.73 Å². The average molecular weight is 155 g/mol. The molecule has 1 nitrogen and oxygen atoms in total. The molecular weight excluding hydrogens is 149 g/mol. The average Bonchev–Trinajstić information content (AvgIpc) is 1.69. The van der Waals surface area contributed by atoms with Crippen LogP contribution in [0.3, 0.4) is 0 Å². The molecule has 1 heterocycles. The van der Waals surface area contributed by atoms with Crippen molar-refractivity contribution in [1.29, 1.82) is 0 Å². The molecule has 1 rings (SSSR count). The maximum atomic E-state index is 5.39. The van der Waals surface area contributed by atoms with Crippen LogP contribution in [0.2, 0.25) is 0 Å². The molecule has 2 N–H and O–H groups in total. The van der Waals surface area contributed by atoms with Crippen LogP contribution in [-0.4, -0.2) is 20.1 Å². The van der Waals surface area contributed by atoms with Gasteiger partial charge in [0.05, 0.1) is 0 Å². The monoisotopic (exact) mass is 155 g/mol. The summed E-state index contributed by atoms with van der Waals surface area (Å²) in [5.74, 6) is 0. The zero-order chi connectivity index (χ0) is 5.11. The van der Waals surface area contributed by atoms with E-state index >= 15 is 0 Å². The number of hydrogen-bond acceptors (Lipinski definition) is 1. The zero-order valence-electron chi connectivity index (χ0n) is 3.83. The third-order valence-corrected chi connectivity index (χ3v) is 2.05. The molecule has 0 aromatic carbocycles. The molecule has 36 valence electrons. The van der Waals surface area contributed by atoms with Crippen molar-refractivity contribution in [3.63, 3.8) is 0 Å². The van der Waals surface area contributed by atoms with E-state index in [2.05, 4.69) is 9.67 Å². The summed E-state index contributed by atoms with van der Waals surface area (Å²) in [6, 6.07) is 0. The van der Waals surface area contributed by atoms with Crippen molar-refractivity contribution in [2.75, 3.05) is 0 Å². The first-order valence-corrected chi connectivity index (χ1v) is 4.22. The van der Waals surface area contributed by atoms with Gasteiger partial charge in [0.2, 0.25) is 0 Å². The van der Waals surface area contributed by atoms with Crippen molar-refractivity contribution < 1.29 is 0 Å². The Hall–Kier alpha value is -0.292. The molecule has 0 spiro atoms. The second-order valence-corrected chi connectivity index (χ2v) is 3.16. The standard InChI is InChI=1S/C5H6AsN/c7-5-1-3-6-4-2-5/h1-4H,7H2. The van der Waals surface area contributed by atoms with E-state index in [4.69, 9.17) is 5.73 Å². The van der Waals surface area contributed by atoms with Gasteiger partial charge < -0.3 is 0 Å². The van der Waals surface area contributed by atoms with Gasteiger partial charge in [-0.3, -0.25) is 0 Å². The Morgan fingerprint density at radius 3 is 2.71 bits per heavy atom. The van der Waals surface area contributed by atoms with Crippen molar-refractivity contribution in [1.82, 2.24) is 0 Å². The normalized spacial score (nSPS) is 19.1. The molecule has 1 aliphatic heterocycles. The SMILES string of the molecule is NC1=CC=[As]C=C1. The van der Waals surface area contributed by atoms with Crippen LogP contribution in [0.4, 0.5) is 0 Å². The minimum absolute atomic E-state index is 0.344. The van der Waals surface area contributed by atoms with Gasteiger partial charge >= 0.3 is 48.6 Å². The molecule has 0 amide bonds. The first-order valence-electron chi connectivity index (χ1n) is 2.05. The molecule has 0 radical (unpaired) electrons. The van der Waals surface area contributed by atoms with Crippen LogP contribution in [0.25, 0.3) is 0 Å². The molecule has 2 heteroatoms. The second kappa shape index (κ2) is 2.13. The van der Waals surface area contributed by atoms with Gasteiger partial charge in [0.15, 0.2) is 0 Å². The summed E-state index contributed by atoms with van der Waals surface area (Å²) in [4.78, 5) is 4.26. The van der Waals surface area contributed by atoms with Gasteiger partial charge in [0, 0.05) is 0 Å². The number of rotatable bonds is 0. The van der Waals surface area contributed by atoms with Gasteiger partial charge in [-0.05, 0) is 0 Å². The molecule has 0 aromatic rings. The van der Waals surface area contributed by atoms with Gasteiger partial charge in [-0.15, -0.1) is 0 Å². The van der Waals surface area contributed by atoms with Crippen molar-refractivity contribution >= 4 is 20.1 Å². The van der Waals surface area contributed by atoms with Crippen LogP contribution in [0.5, 0.6) is 0 Å². The Balaban J connectivity index is 2.82. The zero-order valence-corrected chi connectivity index (χ0v) is 5.71. The van der Waals surface area contributed by atoms with E-state index in [9.17, 15) is 0 Å². The fourth-order valence-corrected chi connectivity index (χ4v) is 1.66. The van der Waals surface area contributed by atoms with E-state index in [1.165, 1.54) is 0 Å². The molecule has 0 saturated heterocycles. The first kappa shape index (κ1) is 4.86. The molecular formula is C5H6AsN. The Labute approximate surface area is 49.1 Å². The van der Waals surface area contributed by atoms with E-state index in [-0.39, 0.29) is 0 Å². The quantitative estimate of drug-likeness (QED) is 0.484. The molecule has 0 bridgehead atoms. The Bertz CT molecular complexity index is 144. The van der Waals surface area contributed by atoms with Crippen LogP contribution < -0.4 is 5.73 Å².